The summed E-state index contributed by atoms with van der Waals surface area (Å²) in [5.41, 5.74) is 1.44. The number of carbonyl (C=O) groups is 1. The van der Waals surface area contributed by atoms with E-state index < -0.39 is 0 Å². The van der Waals surface area contributed by atoms with E-state index in [1.165, 1.54) is 23.1 Å². The van der Waals surface area contributed by atoms with Crippen molar-refractivity contribution in [1.82, 2.24) is 9.55 Å². The second-order valence-electron chi connectivity index (χ2n) is 6.18. The molecule has 1 aromatic carbocycles. The normalized spacial score (nSPS) is 18.4. The van der Waals surface area contributed by atoms with Gasteiger partial charge in [-0.1, -0.05) is 42.8 Å². The zero-order chi connectivity index (χ0) is 17.2. The predicted molar refractivity (Wildman–Crippen MR) is 103 cm³/mol. The third-order valence-electron chi connectivity index (χ3n) is 4.46. The van der Waals surface area contributed by atoms with Crippen molar-refractivity contribution < 1.29 is 4.79 Å². The van der Waals surface area contributed by atoms with Crippen LogP contribution in [0.25, 0.3) is 15.9 Å². The van der Waals surface area contributed by atoms with E-state index in [4.69, 9.17) is 4.98 Å². The van der Waals surface area contributed by atoms with E-state index in [1.807, 2.05) is 41.8 Å². The Labute approximate surface area is 153 Å². The van der Waals surface area contributed by atoms with Crippen LogP contribution in [-0.4, -0.2) is 20.6 Å². The Morgan fingerprint density at radius 2 is 1.92 bits per heavy atom. The monoisotopic (exact) mass is 370 g/mol. The molecule has 0 amide bonds. The fourth-order valence-electron chi connectivity index (χ4n) is 3.16. The highest BCUT2D eigenvalue weighted by molar-refractivity contribution is 8.00. The number of thioether (sulfide) groups is 1. The highest BCUT2D eigenvalue weighted by Crippen LogP contribution is 2.32. The van der Waals surface area contributed by atoms with Gasteiger partial charge in [0.05, 0.1) is 16.5 Å². The molecule has 25 heavy (non-hydrogen) atoms. The molecule has 4 rings (SSSR count). The zero-order valence-corrected chi connectivity index (χ0v) is 15.3. The van der Waals surface area contributed by atoms with E-state index >= 15 is 0 Å². The van der Waals surface area contributed by atoms with Gasteiger partial charge in [-0.2, -0.15) is 0 Å². The van der Waals surface area contributed by atoms with Crippen molar-refractivity contribution in [2.45, 2.75) is 42.5 Å². The molecule has 0 unspecified atom stereocenters. The SMILES string of the molecule is O=C1CCCCC[C@H]1Sc1nc2ccsc2c(=O)n1-c1ccccc1. The Hall–Kier alpha value is -1.92. The van der Waals surface area contributed by atoms with Gasteiger partial charge in [-0.15, -0.1) is 11.3 Å². The summed E-state index contributed by atoms with van der Waals surface area (Å²) in [5, 5.41) is 2.39. The molecule has 2 aromatic heterocycles. The molecule has 1 fully saturated rings. The van der Waals surface area contributed by atoms with Crippen molar-refractivity contribution in [2.75, 3.05) is 0 Å². The molecule has 1 atom stereocenters. The number of carbonyl (C=O) groups excluding carboxylic acids is 1. The molecule has 4 nitrogen and oxygen atoms in total. The van der Waals surface area contributed by atoms with Gasteiger partial charge in [0.25, 0.3) is 5.56 Å². The summed E-state index contributed by atoms with van der Waals surface area (Å²) in [6, 6.07) is 11.4. The van der Waals surface area contributed by atoms with E-state index in [9.17, 15) is 9.59 Å². The van der Waals surface area contributed by atoms with Crippen LogP contribution in [0.1, 0.15) is 32.1 Å². The number of nitrogens with zero attached hydrogens (tertiary/aromatic N) is 2. The van der Waals surface area contributed by atoms with Gasteiger partial charge in [0, 0.05) is 6.42 Å². The molecule has 1 saturated carbocycles. The van der Waals surface area contributed by atoms with Gasteiger partial charge in [0.1, 0.15) is 10.5 Å². The summed E-state index contributed by atoms with van der Waals surface area (Å²) < 4.78 is 2.31. The number of para-hydroxylation sites is 1. The minimum atomic E-state index is -0.111. The third-order valence-corrected chi connectivity index (χ3v) is 6.62. The van der Waals surface area contributed by atoms with Crippen molar-refractivity contribution in [3.63, 3.8) is 0 Å². The van der Waals surface area contributed by atoms with Crippen molar-refractivity contribution in [2.24, 2.45) is 0 Å². The van der Waals surface area contributed by atoms with Gasteiger partial charge >= 0.3 is 0 Å². The molecule has 6 heteroatoms. The average Bonchev–Trinajstić information content (AvgIpc) is 3.01. The van der Waals surface area contributed by atoms with Gasteiger partial charge in [-0.3, -0.25) is 14.2 Å². The van der Waals surface area contributed by atoms with Crippen molar-refractivity contribution in [3.8, 4) is 5.69 Å². The first-order valence-electron chi connectivity index (χ1n) is 8.49. The molecule has 1 aliphatic rings. The largest absolute Gasteiger partial charge is 0.298 e. The van der Waals surface area contributed by atoms with Crippen molar-refractivity contribution in [3.05, 3.63) is 52.1 Å². The molecule has 0 aliphatic heterocycles. The Morgan fingerprint density at radius 1 is 1.08 bits per heavy atom. The molecule has 1 aliphatic carbocycles. The summed E-state index contributed by atoms with van der Waals surface area (Å²) in [7, 11) is 0. The van der Waals surface area contributed by atoms with E-state index in [0.29, 0.717) is 21.8 Å². The fourth-order valence-corrected chi connectivity index (χ4v) is 5.15. The smallest absolute Gasteiger partial charge is 0.276 e. The Bertz CT molecular complexity index is 962. The van der Waals surface area contributed by atoms with Crippen molar-refractivity contribution in [1.29, 1.82) is 0 Å². The summed E-state index contributed by atoms with van der Waals surface area (Å²) in [6.45, 7) is 0. The highest BCUT2D eigenvalue weighted by atomic mass is 32.2. The Kier molecular flexibility index (Phi) is 4.72. The summed E-state index contributed by atoms with van der Waals surface area (Å²) in [5.74, 6) is 0.279. The maximum atomic E-state index is 13.0. The second kappa shape index (κ2) is 7.14. The molecule has 0 spiro atoms. The number of thiophene rings is 1. The first-order valence-corrected chi connectivity index (χ1v) is 10.2. The molecular weight excluding hydrogens is 352 g/mol. The fraction of sp³-hybridized carbons (Fsp3) is 0.316. The molecule has 0 bridgehead atoms. The van der Waals surface area contributed by atoms with Gasteiger partial charge in [-0.25, -0.2) is 4.98 Å². The molecule has 128 valence electrons. The zero-order valence-electron chi connectivity index (χ0n) is 13.7. The van der Waals surface area contributed by atoms with Crippen LogP contribution in [0.15, 0.2) is 51.7 Å². The molecule has 3 aromatic rings. The van der Waals surface area contributed by atoms with Gasteiger partial charge < -0.3 is 0 Å². The first-order chi connectivity index (χ1) is 12.2. The first kappa shape index (κ1) is 16.5. The number of Topliss-reactive ketones (excluding diaryl/α,β-unsaturated/α-hetero) is 1. The highest BCUT2D eigenvalue weighted by Gasteiger charge is 2.25. The van der Waals surface area contributed by atoms with Crippen LogP contribution >= 0.6 is 23.1 Å². The summed E-state index contributed by atoms with van der Waals surface area (Å²) >= 11 is 2.86. The molecular formula is C19H18N2O2S2. The molecule has 0 radical (unpaired) electrons. The van der Waals surface area contributed by atoms with Gasteiger partial charge in [0.2, 0.25) is 0 Å². The third kappa shape index (κ3) is 3.28. The lowest BCUT2D eigenvalue weighted by Crippen LogP contribution is -2.23. The summed E-state index contributed by atoms with van der Waals surface area (Å²) in [4.78, 5) is 30.2. The van der Waals surface area contributed by atoms with Crippen LogP contribution in [0.2, 0.25) is 0 Å². The number of fused-ring (bicyclic) bond motifs is 1. The van der Waals surface area contributed by atoms with E-state index in [0.717, 1.165) is 31.4 Å². The van der Waals surface area contributed by atoms with E-state index in [1.54, 1.807) is 4.57 Å². The van der Waals surface area contributed by atoms with Crippen LogP contribution < -0.4 is 5.56 Å². The van der Waals surface area contributed by atoms with Crippen LogP contribution in [0.4, 0.5) is 0 Å². The number of ketones is 1. The number of aromatic nitrogens is 2. The topological polar surface area (TPSA) is 52.0 Å². The van der Waals surface area contributed by atoms with E-state index in [-0.39, 0.29) is 16.6 Å². The molecule has 2 heterocycles. The van der Waals surface area contributed by atoms with Crippen LogP contribution in [0, 0.1) is 0 Å². The van der Waals surface area contributed by atoms with Crippen molar-refractivity contribution >= 4 is 39.1 Å². The quantitative estimate of drug-likeness (QED) is 0.505. The Morgan fingerprint density at radius 3 is 2.76 bits per heavy atom. The molecule has 0 N–H and O–H groups in total. The maximum absolute atomic E-state index is 13.0. The Balaban J connectivity index is 1.84. The number of hydrogen-bond acceptors (Lipinski definition) is 5. The van der Waals surface area contributed by atoms with Crippen LogP contribution in [0.5, 0.6) is 0 Å². The van der Waals surface area contributed by atoms with Gasteiger partial charge in [0.15, 0.2) is 5.16 Å². The average molecular weight is 370 g/mol. The number of benzene rings is 1. The summed E-state index contributed by atoms with van der Waals surface area (Å²) in [6.07, 6.45) is 4.62. The molecule has 0 saturated heterocycles. The second-order valence-corrected chi connectivity index (χ2v) is 8.26. The number of hydrogen-bond donors (Lipinski definition) is 0. The number of rotatable bonds is 3. The lowest BCUT2D eigenvalue weighted by molar-refractivity contribution is -0.118. The van der Waals surface area contributed by atoms with Crippen LogP contribution in [-0.2, 0) is 4.79 Å². The van der Waals surface area contributed by atoms with Gasteiger partial charge in [-0.05, 0) is 36.4 Å². The minimum Gasteiger partial charge on any atom is -0.298 e. The van der Waals surface area contributed by atoms with E-state index in [2.05, 4.69) is 0 Å². The van der Waals surface area contributed by atoms with Crippen LogP contribution in [0.3, 0.4) is 0 Å². The lowest BCUT2D eigenvalue weighted by atomic mass is 10.2. The lowest BCUT2D eigenvalue weighted by Gasteiger charge is -2.16. The maximum Gasteiger partial charge on any atom is 0.276 e. The minimum absolute atomic E-state index is 0.0604. The predicted octanol–water partition coefficient (Wildman–Crippen LogP) is 4.44. The standard InChI is InChI=1S/C19H18N2O2S2/c22-15-9-5-2-6-10-16(15)25-19-20-14-11-12-24-17(14)18(23)21(19)13-7-3-1-4-8-13/h1,3-4,7-8,11-12,16H,2,5-6,9-10H2/t16-/m1/s1.